The summed E-state index contributed by atoms with van der Waals surface area (Å²) in [6.07, 6.45) is 2.84. The van der Waals surface area contributed by atoms with Crippen LogP contribution in [0.1, 0.15) is 39.9 Å². The fourth-order valence-corrected chi connectivity index (χ4v) is 4.15. The van der Waals surface area contributed by atoms with E-state index in [1.807, 2.05) is 6.07 Å². The lowest BCUT2D eigenvalue weighted by Crippen LogP contribution is -2.58. The maximum atomic E-state index is 14.4. The molecule has 3 amide bonds. The van der Waals surface area contributed by atoms with Gasteiger partial charge in [0.05, 0.1) is 11.8 Å². The molecule has 3 atom stereocenters. The zero-order chi connectivity index (χ0) is 33.2. The fourth-order valence-electron chi connectivity index (χ4n) is 4.15. The molecule has 14 nitrogen and oxygen atoms in total. The summed E-state index contributed by atoms with van der Waals surface area (Å²) in [7, 11) is 0. The van der Waals surface area contributed by atoms with E-state index in [0.29, 0.717) is 22.6 Å². The normalized spacial score (nSPS) is 13.2. The second-order valence-electron chi connectivity index (χ2n) is 10.3. The van der Waals surface area contributed by atoms with E-state index in [2.05, 4.69) is 31.2 Å². The molecule has 4 N–H and O–H groups in total. The van der Waals surface area contributed by atoms with Crippen LogP contribution in [-0.2, 0) is 16.1 Å². The molecule has 46 heavy (non-hydrogen) atoms. The van der Waals surface area contributed by atoms with Gasteiger partial charge in [-0.1, -0.05) is 29.4 Å². The van der Waals surface area contributed by atoms with Crippen molar-refractivity contribution in [1.29, 1.82) is 5.26 Å². The summed E-state index contributed by atoms with van der Waals surface area (Å²) in [5.74, 6) is -2.81. The number of carbonyl (C=O) groups excluding carboxylic acids is 3. The summed E-state index contributed by atoms with van der Waals surface area (Å²) in [5, 5.41) is 34.9. The number of amides is 3. The van der Waals surface area contributed by atoms with Gasteiger partial charge in [-0.2, -0.15) is 10.4 Å². The van der Waals surface area contributed by atoms with Crippen molar-refractivity contribution in [3.8, 4) is 11.8 Å². The number of allylic oxidation sites excluding steroid dienone is 1. The van der Waals surface area contributed by atoms with Crippen molar-refractivity contribution in [2.24, 2.45) is 0 Å². The lowest BCUT2D eigenvalue weighted by atomic mass is 10.1. The van der Waals surface area contributed by atoms with Crippen LogP contribution < -0.4 is 20.7 Å². The number of aliphatic hydroxyl groups is 1. The van der Waals surface area contributed by atoms with Gasteiger partial charge in [-0.05, 0) is 56.2 Å². The molecule has 238 valence electrons. The second-order valence-corrected chi connectivity index (χ2v) is 10.3. The maximum Gasteiger partial charge on any atom is 0.290 e. The van der Waals surface area contributed by atoms with E-state index in [1.165, 1.54) is 42.5 Å². The number of nitrogens with zero attached hydrogens (tertiary/aromatic N) is 5. The minimum absolute atomic E-state index is 0.175. The Labute approximate surface area is 262 Å². The Morgan fingerprint density at radius 3 is 2.61 bits per heavy atom. The van der Waals surface area contributed by atoms with Gasteiger partial charge in [-0.25, -0.2) is 14.1 Å². The molecule has 15 heteroatoms. The number of hydrogen-bond donors (Lipinski definition) is 4. The van der Waals surface area contributed by atoms with E-state index in [9.17, 15) is 29.1 Å². The van der Waals surface area contributed by atoms with Crippen molar-refractivity contribution in [1.82, 2.24) is 35.9 Å². The molecule has 0 aliphatic heterocycles. The van der Waals surface area contributed by atoms with Gasteiger partial charge < -0.3 is 30.3 Å². The highest BCUT2D eigenvalue weighted by Crippen LogP contribution is 2.18. The number of hydrogen-bond acceptors (Lipinski definition) is 10. The van der Waals surface area contributed by atoms with Crippen LogP contribution >= 0.6 is 0 Å². The molecule has 2 aromatic carbocycles. The number of halogens is 1. The molecule has 0 saturated heterocycles. The van der Waals surface area contributed by atoms with Gasteiger partial charge in [0.1, 0.15) is 54.7 Å². The molecule has 0 fully saturated rings. The van der Waals surface area contributed by atoms with Crippen molar-refractivity contribution >= 4 is 29.5 Å². The monoisotopic (exact) mass is 630 g/mol. The number of aromatic nitrogens is 4. The quantitative estimate of drug-likeness (QED) is 0.158. The van der Waals surface area contributed by atoms with E-state index in [0.717, 1.165) is 0 Å². The molecule has 0 saturated carbocycles. The average molecular weight is 631 g/mol. The first-order valence-corrected chi connectivity index (χ1v) is 14.0. The Hall–Kier alpha value is -5.88. The first-order valence-electron chi connectivity index (χ1n) is 14.0. The van der Waals surface area contributed by atoms with Crippen molar-refractivity contribution in [2.75, 3.05) is 6.61 Å². The molecule has 0 bridgehead atoms. The van der Waals surface area contributed by atoms with Crippen LogP contribution in [0.2, 0.25) is 0 Å². The second kappa shape index (κ2) is 15.2. The minimum Gasteiger partial charge on any atom is -0.491 e. The SMILES string of the molecule is Cc1ccc(CNC(=O)[C@H](COc2cccc(/C=C(\C#N)n3cncn3)c2)NC(=O)[C@@H](NC(=O)c2cc(C)no2)[C@@H](C)O)c(F)c1. The van der Waals surface area contributed by atoms with Gasteiger partial charge >= 0.3 is 0 Å². The first-order chi connectivity index (χ1) is 22.0. The van der Waals surface area contributed by atoms with E-state index >= 15 is 0 Å². The summed E-state index contributed by atoms with van der Waals surface area (Å²) < 4.78 is 26.5. The van der Waals surface area contributed by atoms with Crippen LogP contribution in [0.3, 0.4) is 0 Å². The third-order valence-corrected chi connectivity index (χ3v) is 6.56. The number of aliphatic hydroxyl groups excluding tert-OH is 1. The zero-order valence-electron chi connectivity index (χ0n) is 25.1. The fraction of sp³-hybridized carbons (Fsp3) is 0.258. The van der Waals surface area contributed by atoms with E-state index in [1.54, 1.807) is 50.3 Å². The Morgan fingerprint density at radius 1 is 1.15 bits per heavy atom. The number of rotatable bonds is 13. The molecule has 2 heterocycles. The lowest BCUT2D eigenvalue weighted by molar-refractivity contribution is -0.132. The average Bonchev–Trinajstić information content (AvgIpc) is 3.72. The van der Waals surface area contributed by atoms with Crippen molar-refractivity contribution in [2.45, 2.75) is 45.5 Å². The Morgan fingerprint density at radius 2 is 1.96 bits per heavy atom. The molecule has 0 unspecified atom stereocenters. The highest BCUT2D eigenvalue weighted by atomic mass is 19.1. The highest BCUT2D eigenvalue weighted by Gasteiger charge is 2.31. The van der Waals surface area contributed by atoms with Crippen molar-refractivity contribution < 1.29 is 33.1 Å². The van der Waals surface area contributed by atoms with E-state index < -0.39 is 48.3 Å². The van der Waals surface area contributed by atoms with Gasteiger partial charge in [0.25, 0.3) is 5.91 Å². The van der Waals surface area contributed by atoms with Crippen LogP contribution in [0.15, 0.2) is 65.7 Å². The maximum absolute atomic E-state index is 14.4. The third-order valence-electron chi connectivity index (χ3n) is 6.56. The van der Waals surface area contributed by atoms with Crippen LogP contribution in [-0.4, -0.2) is 67.5 Å². The summed E-state index contributed by atoms with van der Waals surface area (Å²) in [4.78, 5) is 43.1. The van der Waals surface area contributed by atoms with E-state index in [4.69, 9.17) is 9.26 Å². The molecular weight excluding hydrogens is 599 g/mol. The van der Waals surface area contributed by atoms with Gasteiger partial charge in [0.15, 0.2) is 0 Å². The van der Waals surface area contributed by atoms with Gasteiger partial charge in [0, 0.05) is 18.2 Å². The van der Waals surface area contributed by atoms with E-state index in [-0.39, 0.29) is 23.6 Å². The summed E-state index contributed by atoms with van der Waals surface area (Å²) in [5.41, 5.74) is 2.13. The molecule has 0 aliphatic carbocycles. The lowest BCUT2D eigenvalue weighted by Gasteiger charge is -2.24. The Kier molecular flexibility index (Phi) is 10.9. The van der Waals surface area contributed by atoms with Crippen molar-refractivity contribution in [3.63, 3.8) is 0 Å². The number of carbonyl (C=O) groups is 3. The van der Waals surface area contributed by atoms with Gasteiger partial charge in [-0.3, -0.25) is 14.4 Å². The minimum atomic E-state index is -1.49. The largest absolute Gasteiger partial charge is 0.491 e. The zero-order valence-corrected chi connectivity index (χ0v) is 25.1. The number of nitrogens with one attached hydrogen (secondary N) is 3. The molecule has 0 aliphatic rings. The number of benzene rings is 2. The molecule has 2 aromatic heterocycles. The molecule has 4 rings (SSSR count). The molecule has 0 radical (unpaired) electrons. The predicted octanol–water partition coefficient (Wildman–Crippen LogP) is 1.90. The van der Waals surface area contributed by atoms with Crippen molar-refractivity contribution in [3.05, 3.63) is 95.1 Å². The summed E-state index contributed by atoms with van der Waals surface area (Å²) in [6, 6.07) is 11.7. The summed E-state index contributed by atoms with van der Waals surface area (Å²) >= 11 is 0. The smallest absolute Gasteiger partial charge is 0.290 e. The summed E-state index contributed by atoms with van der Waals surface area (Å²) in [6.45, 7) is 4.05. The number of nitriles is 1. The van der Waals surface area contributed by atoms with Gasteiger partial charge in [0.2, 0.25) is 17.6 Å². The number of aryl methyl sites for hydroxylation is 2. The Bertz CT molecular complexity index is 1760. The van der Waals surface area contributed by atoms with Crippen LogP contribution in [0, 0.1) is 31.0 Å². The van der Waals surface area contributed by atoms with Gasteiger partial charge in [-0.15, -0.1) is 0 Å². The third kappa shape index (κ3) is 8.83. The van der Waals surface area contributed by atoms with Crippen LogP contribution in [0.4, 0.5) is 4.39 Å². The van der Waals surface area contributed by atoms with Crippen LogP contribution in [0.5, 0.6) is 5.75 Å². The Balaban J connectivity index is 1.51. The predicted molar refractivity (Wildman–Crippen MR) is 161 cm³/mol. The van der Waals surface area contributed by atoms with Crippen LogP contribution in [0.25, 0.3) is 11.8 Å². The molecule has 0 spiro atoms. The molecular formula is C31H31FN8O6. The molecule has 4 aromatic rings. The topological polar surface area (TPSA) is 197 Å². The highest BCUT2D eigenvalue weighted by molar-refractivity contribution is 5.97. The number of ether oxygens (including phenoxy) is 1. The first kappa shape index (κ1) is 33.0. The standard InChI is InChI=1S/C31H31FN8O6/c1-18-7-8-22(25(32)9-18)14-35-29(42)26(37-31(44)28(20(3)41)38-30(43)27-10-19(2)39-46-27)15-45-24-6-4-5-21(12-24)11-23(13-33)40-17-34-16-36-40/h4-12,16-17,20,26,28,41H,14-15H2,1-3H3,(H,35,42)(H,37,44)(H,38,43)/b23-11+/t20-,26+,28+/m1/s1.